The molecule has 2 amide bonds. The fraction of sp³-hybridized carbons (Fsp3) is 0.250. The van der Waals surface area contributed by atoms with Gasteiger partial charge in [-0.25, -0.2) is 4.79 Å². The van der Waals surface area contributed by atoms with Crippen LogP contribution in [-0.2, 0) is 36.8 Å². The normalized spacial score (nSPS) is 13.1. The molecule has 0 aliphatic carbocycles. The number of hydrogen-bond donors (Lipinski definition) is 1. The summed E-state index contributed by atoms with van der Waals surface area (Å²) in [5.74, 6) is -1.31. The average molecular weight is 743 g/mol. The van der Waals surface area contributed by atoms with E-state index in [9.17, 15) is 28.8 Å². The van der Waals surface area contributed by atoms with Crippen molar-refractivity contribution in [2.24, 2.45) is 0 Å². The van der Waals surface area contributed by atoms with Crippen LogP contribution in [0.4, 0.5) is 11.4 Å². The van der Waals surface area contributed by atoms with Gasteiger partial charge in [-0.05, 0) is 72.0 Å². The van der Waals surface area contributed by atoms with E-state index in [0.29, 0.717) is 48.6 Å². The predicted molar refractivity (Wildman–Crippen MR) is 198 cm³/mol. The van der Waals surface area contributed by atoms with Gasteiger partial charge in [-0.3, -0.25) is 24.0 Å². The van der Waals surface area contributed by atoms with Crippen LogP contribution in [0.5, 0.6) is 11.5 Å². The molecule has 0 spiro atoms. The summed E-state index contributed by atoms with van der Waals surface area (Å²) < 4.78 is 15.3. The number of aliphatic hydroxyl groups is 1. The number of esters is 1. The number of aliphatic hydroxyl groups excluding tert-OH is 1. The number of amides is 2. The third-order valence-corrected chi connectivity index (χ3v) is 8.38. The van der Waals surface area contributed by atoms with E-state index in [1.165, 1.54) is 24.0 Å². The van der Waals surface area contributed by atoms with Crippen molar-refractivity contribution in [2.75, 3.05) is 50.3 Å². The lowest BCUT2D eigenvalue weighted by molar-refractivity contribution is -0.136. The molecule has 0 radical (unpaired) electrons. The highest BCUT2D eigenvalue weighted by Gasteiger charge is 2.31. The first-order chi connectivity index (χ1) is 25.6. The minimum atomic E-state index is -0.514. The number of Topliss-reactive ketones (excluding diaryl/α,β-unsaturated/α-hetero) is 2. The molecule has 4 aromatic carbocycles. The van der Waals surface area contributed by atoms with Crippen molar-refractivity contribution in [3.8, 4) is 11.5 Å². The SMILES string of the molecule is COc1ccccc1C(=O)Cl.COc1ccccc1C(=O)OCCCN1C(=O)C(=O)Cc2ccccc21.O=C1Cc2ccccc2N(CCCO)C1=O. The zero-order chi connectivity index (χ0) is 38.3. The van der Waals surface area contributed by atoms with E-state index in [0.717, 1.165) is 22.5 Å². The van der Waals surface area contributed by atoms with Crippen molar-refractivity contribution in [2.45, 2.75) is 25.7 Å². The molecule has 6 rings (SSSR count). The van der Waals surface area contributed by atoms with Gasteiger partial charge in [0.05, 0.1) is 26.4 Å². The number of methoxy groups -OCH3 is 2. The van der Waals surface area contributed by atoms with Crippen molar-refractivity contribution >= 4 is 57.6 Å². The Balaban J connectivity index is 0.000000197. The molecule has 12 nitrogen and oxygen atoms in total. The molecule has 0 saturated carbocycles. The minimum absolute atomic E-state index is 0.0140. The number of halogens is 1. The lowest BCUT2D eigenvalue weighted by Crippen LogP contribution is -2.42. The molecule has 0 unspecified atom stereocenters. The number of rotatable bonds is 11. The highest BCUT2D eigenvalue weighted by Crippen LogP contribution is 2.27. The maximum absolute atomic E-state index is 12.2. The maximum Gasteiger partial charge on any atom is 0.341 e. The van der Waals surface area contributed by atoms with Gasteiger partial charge < -0.3 is 29.1 Å². The van der Waals surface area contributed by atoms with E-state index in [-0.39, 0.29) is 31.8 Å². The molecular formula is C40H39ClN2O10. The highest BCUT2D eigenvalue weighted by atomic mass is 35.5. The summed E-state index contributed by atoms with van der Waals surface area (Å²) in [6.45, 7) is 0.843. The Morgan fingerprint density at radius 2 is 1.08 bits per heavy atom. The van der Waals surface area contributed by atoms with Gasteiger partial charge in [-0.1, -0.05) is 60.7 Å². The van der Waals surface area contributed by atoms with Crippen LogP contribution in [0.25, 0.3) is 0 Å². The molecule has 0 aromatic heterocycles. The Morgan fingerprint density at radius 3 is 1.55 bits per heavy atom. The minimum Gasteiger partial charge on any atom is -0.496 e. The van der Waals surface area contributed by atoms with E-state index >= 15 is 0 Å². The number of para-hydroxylation sites is 4. The summed E-state index contributed by atoms with van der Waals surface area (Å²) in [4.78, 5) is 73.0. The van der Waals surface area contributed by atoms with Gasteiger partial charge in [-0.2, -0.15) is 0 Å². The van der Waals surface area contributed by atoms with Gasteiger partial charge in [0.2, 0.25) is 11.6 Å². The van der Waals surface area contributed by atoms with Crippen LogP contribution in [0.15, 0.2) is 97.1 Å². The van der Waals surface area contributed by atoms with Crippen LogP contribution in [0, 0.1) is 0 Å². The molecule has 1 N–H and O–H groups in total. The molecule has 0 fully saturated rings. The zero-order valence-corrected chi connectivity index (χ0v) is 30.0. The number of ketones is 2. The van der Waals surface area contributed by atoms with Gasteiger partial charge in [0.15, 0.2) is 0 Å². The average Bonchev–Trinajstić information content (AvgIpc) is 3.18. The third-order valence-electron chi connectivity index (χ3n) is 8.18. The van der Waals surface area contributed by atoms with E-state index in [4.69, 9.17) is 30.9 Å². The molecule has 53 heavy (non-hydrogen) atoms. The van der Waals surface area contributed by atoms with Gasteiger partial charge in [0.1, 0.15) is 17.1 Å². The molecule has 0 atom stereocenters. The largest absolute Gasteiger partial charge is 0.496 e. The van der Waals surface area contributed by atoms with E-state index in [2.05, 4.69) is 0 Å². The monoisotopic (exact) mass is 742 g/mol. The first kappa shape index (κ1) is 39.9. The Bertz CT molecular complexity index is 1960. The van der Waals surface area contributed by atoms with E-state index in [1.54, 1.807) is 48.5 Å². The second-order valence-corrected chi connectivity index (χ2v) is 12.0. The Kier molecular flexibility index (Phi) is 14.8. The fourth-order valence-electron chi connectivity index (χ4n) is 5.62. The molecule has 2 aliphatic rings. The number of ether oxygens (including phenoxy) is 3. The Hall–Kier alpha value is -5.85. The third kappa shape index (κ3) is 10.4. The van der Waals surface area contributed by atoms with E-state index < -0.39 is 28.8 Å². The number of fused-ring (bicyclic) bond motifs is 2. The van der Waals surface area contributed by atoms with E-state index in [1.807, 2.05) is 48.5 Å². The quantitative estimate of drug-likeness (QED) is 0.0960. The van der Waals surface area contributed by atoms with Crippen LogP contribution >= 0.6 is 11.6 Å². The molecular weight excluding hydrogens is 704 g/mol. The summed E-state index contributed by atoms with van der Waals surface area (Å²) in [7, 11) is 2.99. The second-order valence-electron chi connectivity index (χ2n) is 11.6. The molecule has 13 heteroatoms. The van der Waals surface area contributed by atoms with Crippen molar-refractivity contribution in [3.05, 3.63) is 119 Å². The van der Waals surface area contributed by atoms with Crippen molar-refractivity contribution < 1.29 is 48.1 Å². The molecule has 0 saturated heterocycles. The smallest absolute Gasteiger partial charge is 0.341 e. The van der Waals surface area contributed by atoms with Crippen molar-refractivity contribution in [1.29, 1.82) is 0 Å². The maximum atomic E-state index is 12.2. The number of carbonyl (C=O) groups is 6. The Morgan fingerprint density at radius 1 is 0.642 bits per heavy atom. The molecule has 276 valence electrons. The first-order valence-electron chi connectivity index (χ1n) is 16.7. The van der Waals surface area contributed by atoms with Gasteiger partial charge in [0, 0.05) is 43.9 Å². The summed E-state index contributed by atoms with van der Waals surface area (Å²) in [6.07, 6.45) is 1.22. The van der Waals surface area contributed by atoms with Crippen LogP contribution in [0.2, 0.25) is 0 Å². The molecule has 4 aromatic rings. The first-order valence-corrected chi connectivity index (χ1v) is 17.1. The van der Waals surface area contributed by atoms with Gasteiger partial charge in [-0.15, -0.1) is 0 Å². The fourth-order valence-corrected chi connectivity index (χ4v) is 5.78. The molecule has 2 heterocycles. The van der Waals surface area contributed by atoms with Crippen LogP contribution in [-0.4, -0.2) is 80.2 Å². The zero-order valence-electron chi connectivity index (χ0n) is 29.3. The van der Waals surface area contributed by atoms with Crippen LogP contribution in [0.3, 0.4) is 0 Å². The second kappa shape index (κ2) is 19.7. The summed E-state index contributed by atoms with van der Waals surface area (Å²) in [5.41, 5.74) is 4.00. The summed E-state index contributed by atoms with van der Waals surface area (Å²) in [6, 6.07) is 28.4. The lowest BCUT2D eigenvalue weighted by atomic mass is 10.00. The summed E-state index contributed by atoms with van der Waals surface area (Å²) >= 11 is 5.27. The van der Waals surface area contributed by atoms with Gasteiger partial charge >= 0.3 is 5.97 Å². The lowest BCUT2D eigenvalue weighted by Gasteiger charge is -2.28. The van der Waals surface area contributed by atoms with Crippen molar-refractivity contribution in [3.63, 3.8) is 0 Å². The number of benzene rings is 4. The Labute approximate surface area is 311 Å². The summed E-state index contributed by atoms with van der Waals surface area (Å²) in [5, 5.41) is 8.28. The standard InChI is InChI=1S/C20H19NO5.C12H13NO3.C8H7ClO2/c1-25-18-10-5-3-8-15(18)20(24)26-12-6-11-21-16-9-4-2-7-14(16)13-17(22)19(21)23;14-7-3-6-13-10-5-2-1-4-9(10)8-11(15)12(13)16;1-11-7-5-3-2-4-6(7)8(9)10/h2-5,7-10H,6,11-13H2,1H3;1-2,4-5,14H,3,6-8H2;2-5H,1H3. The van der Waals surface area contributed by atoms with Crippen molar-refractivity contribution in [1.82, 2.24) is 0 Å². The predicted octanol–water partition coefficient (Wildman–Crippen LogP) is 5.00. The number of anilines is 2. The highest BCUT2D eigenvalue weighted by molar-refractivity contribution is 6.68. The van der Waals surface area contributed by atoms with Crippen LogP contribution < -0.4 is 19.3 Å². The number of carbonyl (C=O) groups excluding carboxylic acids is 6. The topological polar surface area (TPSA) is 157 Å². The van der Waals surface area contributed by atoms with Crippen LogP contribution in [0.1, 0.15) is 44.7 Å². The number of hydrogen-bond acceptors (Lipinski definition) is 10. The number of nitrogens with zero attached hydrogens (tertiary/aromatic N) is 2. The molecule has 0 bridgehead atoms. The molecule has 2 aliphatic heterocycles. The van der Waals surface area contributed by atoms with Gasteiger partial charge in [0.25, 0.3) is 17.1 Å².